The molecule has 0 bridgehead atoms. The van der Waals surface area contributed by atoms with Gasteiger partial charge in [0.25, 0.3) is 0 Å². The number of nitrogens with one attached hydrogen (secondary N) is 1. The van der Waals surface area contributed by atoms with Crippen LogP contribution in [0.25, 0.3) is 10.8 Å². The average molecular weight is 392 g/mol. The Labute approximate surface area is 167 Å². The number of carbonyl (C=O) groups excluding carboxylic acids is 2. The molecule has 0 spiro atoms. The predicted molar refractivity (Wildman–Crippen MR) is 112 cm³/mol. The van der Waals surface area contributed by atoms with Crippen molar-refractivity contribution in [3.05, 3.63) is 77.3 Å². The van der Waals surface area contributed by atoms with Crippen molar-refractivity contribution in [2.24, 2.45) is 11.0 Å². The number of anilines is 1. The SMILES string of the molecule is O=C(NN=Cc1cccc2ccccc12)[C@@H]1CC(=O)N(c2ccc(Cl)cc2)C1. The summed E-state index contributed by atoms with van der Waals surface area (Å²) in [5, 5.41) is 6.87. The van der Waals surface area contributed by atoms with Gasteiger partial charge in [-0.05, 0) is 35.0 Å². The molecule has 1 aliphatic rings. The molecule has 28 heavy (non-hydrogen) atoms. The normalized spacial score (nSPS) is 16.8. The van der Waals surface area contributed by atoms with Gasteiger partial charge in [-0.2, -0.15) is 5.10 Å². The van der Waals surface area contributed by atoms with Crippen LogP contribution in [0.1, 0.15) is 12.0 Å². The second-order valence-electron chi connectivity index (χ2n) is 6.68. The maximum Gasteiger partial charge on any atom is 0.245 e. The summed E-state index contributed by atoms with van der Waals surface area (Å²) < 4.78 is 0. The van der Waals surface area contributed by atoms with E-state index in [1.54, 1.807) is 35.4 Å². The van der Waals surface area contributed by atoms with Crippen LogP contribution < -0.4 is 10.3 Å². The van der Waals surface area contributed by atoms with E-state index in [0.29, 0.717) is 11.6 Å². The Balaban J connectivity index is 1.42. The highest BCUT2D eigenvalue weighted by molar-refractivity contribution is 6.30. The van der Waals surface area contributed by atoms with Crippen molar-refractivity contribution in [2.75, 3.05) is 11.4 Å². The summed E-state index contributed by atoms with van der Waals surface area (Å²) in [6.07, 6.45) is 1.80. The van der Waals surface area contributed by atoms with Crippen molar-refractivity contribution in [3.63, 3.8) is 0 Å². The van der Waals surface area contributed by atoms with Crippen LogP contribution >= 0.6 is 11.6 Å². The summed E-state index contributed by atoms with van der Waals surface area (Å²) in [5.41, 5.74) is 4.23. The zero-order valence-electron chi connectivity index (χ0n) is 15.0. The van der Waals surface area contributed by atoms with Gasteiger partial charge in [-0.15, -0.1) is 0 Å². The van der Waals surface area contributed by atoms with Crippen LogP contribution in [-0.4, -0.2) is 24.6 Å². The van der Waals surface area contributed by atoms with Gasteiger partial charge in [0.05, 0.1) is 12.1 Å². The molecular formula is C22H18ClN3O2. The first kappa shape index (κ1) is 18.2. The lowest BCUT2D eigenvalue weighted by Gasteiger charge is -2.16. The van der Waals surface area contributed by atoms with Gasteiger partial charge >= 0.3 is 0 Å². The zero-order valence-corrected chi connectivity index (χ0v) is 15.8. The fraction of sp³-hybridized carbons (Fsp3) is 0.136. The van der Waals surface area contributed by atoms with Crippen molar-refractivity contribution in [1.82, 2.24) is 5.43 Å². The lowest BCUT2D eigenvalue weighted by molar-refractivity contribution is -0.126. The number of hydrogen-bond donors (Lipinski definition) is 1. The number of fused-ring (bicyclic) bond motifs is 1. The van der Waals surface area contributed by atoms with E-state index in [1.165, 1.54) is 0 Å². The van der Waals surface area contributed by atoms with Gasteiger partial charge in [-0.25, -0.2) is 5.43 Å². The van der Waals surface area contributed by atoms with E-state index in [1.807, 2.05) is 42.5 Å². The first-order valence-electron chi connectivity index (χ1n) is 8.98. The van der Waals surface area contributed by atoms with Crippen LogP contribution in [-0.2, 0) is 9.59 Å². The molecule has 0 saturated carbocycles. The second-order valence-corrected chi connectivity index (χ2v) is 7.12. The number of carbonyl (C=O) groups is 2. The standard InChI is InChI=1S/C22H18ClN3O2/c23-18-8-10-19(11-9-18)26-14-17(12-21(26)27)22(28)25-24-13-16-6-3-5-15-4-1-2-7-20(15)16/h1-11,13,17H,12,14H2,(H,25,28)/t17-/m1/s1. The summed E-state index contributed by atoms with van der Waals surface area (Å²) in [4.78, 5) is 26.3. The molecule has 5 nitrogen and oxygen atoms in total. The van der Waals surface area contributed by atoms with Gasteiger partial charge < -0.3 is 4.90 Å². The maximum absolute atomic E-state index is 12.5. The third kappa shape index (κ3) is 3.75. The van der Waals surface area contributed by atoms with Gasteiger partial charge in [0.1, 0.15) is 0 Å². The highest BCUT2D eigenvalue weighted by Gasteiger charge is 2.35. The molecule has 4 rings (SSSR count). The fourth-order valence-electron chi connectivity index (χ4n) is 3.37. The van der Waals surface area contributed by atoms with Gasteiger partial charge in [-0.3, -0.25) is 9.59 Å². The number of benzene rings is 3. The second kappa shape index (κ2) is 7.82. The van der Waals surface area contributed by atoms with Crippen molar-refractivity contribution in [1.29, 1.82) is 0 Å². The Morgan fingerprint density at radius 2 is 1.82 bits per heavy atom. The largest absolute Gasteiger partial charge is 0.312 e. The van der Waals surface area contributed by atoms with Gasteiger partial charge in [0, 0.05) is 29.2 Å². The molecule has 0 aromatic heterocycles. The molecule has 2 amide bonds. The van der Waals surface area contributed by atoms with Crippen LogP contribution in [0.15, 0.2) is 71.8 Å². The monoisotopic (exact) mass is 391 g/mol. The number of hydrogen-bond acceptors (Lipinski definition) is 3. The van der Waals surface area contributed by atoms with Gasteiger partial charge in [-0.1, -0.05) is 54.1 Å². The van der Waals surface area contributed by atoms with Gasteiger partial charge in [0.15, 0.2) is 0 Å². The molecule has 1 atom stereocenters. The molecule has 0 radical (unpaired) electrons. The van der Waals surface area contributed by atoms with Crippen molar-refractivity contribution < 1.29 is 9.59 Å². The van der Waals surface area contributed by atoms with Gasteiger partial charge in [0.2, 0.25) is 11.8 Å². The minimum absolute atomic E-state index is 0.0829. The summed E-state index contributed by atoms with van der Waals surface area (Å²) >= 11 is 5.89. The molecule has 140 valence electrons. The van der Waals surface area contributed by atoms with Crippen molar-refractivity contribution in [2.45, 2.75) is 6.42 Å². The smallest absolute Gasteiger partial charge is 0.245 e. The Morgan fingerprint density at radius 3 is 2.64 bits per heavy atom. The van der Waals surface area contributed by atoms with Crippen LogP contribution in [0.2, 0.25) is 5.02 Å². The Morgan fingerprint density at radius 1 is 1.07 bits per heavy atom. The lowest BCUT2D eigenvalue weighted by Crippen LogP contribution is -2.30. The third-order valence-electron chi connectivity index (χ3n) is 4.84. The molecule has 1 heterocycles. The molecule has 1 aliphatic heterocycles. The zero-order chi connectivity index (χ0) is 19.5. The van der Waals surface area contributed by atoms with E-state index in [4.69, 9.17) is 11.6 Å². The molecule has 1 N–H and O–H groups in total. The van der Waals surface area contributed by atoms with Crippen LogP contribution in [0.5, 0.6) is 0 Å². The number of halogens is 1. The highest BCUT2D eigenvalue weighted by atomic mass is 35.5. The van der Waals surface area contributed by atoms with E-state index in [0.717, 1.165) is 22.0 Å². The van der Waals surface area contributed by atoms with E-state index in [-0.39, 0.29) is 18.2 Å². The predicted octanol–water partition coefficient (Wildman–Crippen LogP) is 4.00. The molecule has 6 heteroatoms. The Kier molecular flexibility index (Phi) is 5.08. The number of rotatable bonds is 4. The van der Waals surface area contributed by atoms with Crippen LogP contribution in [0.3, 0.4) is 0 Å². The number of nitrogens with zero attached hydrogens (tertiary/aromatic N) is 2. The highest BCUT2D eigenvalue weighted by Crippen LogP contribution is 2.26. The first-order valence-corrected chi connectivity index (χ1v) is 9.36. The molecule has 0 unspecified atom stereocenters. The van der Waals surface area contributed by atoms with E-state index in [9.17, 15) is 9.59 Å². The summed E-state index contributed by atoms with van der Waals surface area (Å²) in [5.74, 6) is -0.783. The van der Waals surface area contributed by atoms with Crippen molar-refractivity contribution in [3.8, 4) is 0 Å². The molecular weight excluding hydrogens is 374 g/mol. The molecule has 3 aromatic carbocycles. The minimum atomic E-state index is -0.437. The quantitative estimate of drug-likeness (QED) is 0.539. The number of hydrazone groups is 1. The summed E-state index contributed by atoms with van der Waals surface area (Å²) in [6.45, 7) is 0.329. The topological polar surface area (TPSA) is 61.8 Å². The van der Waals surface area contributed by atoms with E-state index >= 15 is 0 Å². The molecule has 1 fully saturated rings. The Bertz CT molecular complexity index is 1060. The first-order chi connectivity index (χ1) is 13.6. The van der Waals surface area contributed by atoms with Crippen LogP contribution in [0, 0.1) is 5.92 Å². The summed E-state index contributed by atoms with van der Waals surface area (Å²) in [7, 11) is 0. The summed E-state index contributed by atoms with van der Waals surface area (Å²) in [6, 6.07) is 20.9. The minimum Gasteiger partial charge on any atom is -0.312 e. The lowest BCUT2D eigenvalue weighted by atomic mass is 10.1. The van der Waals surface area contributed by atoms with E-state index in [2.05, 4.69) is 10.5 Å². The number of amides is 2. The maximum atomic E-state index is 12.5. The Hall–Kier alpha value is -3.18. The van der Waals surface area contributed by atoms with Crippen molar-refractivity contribution >= 4 is 46.1 Å². The molecule has 0 aliphatic carbocycles. The van der Waals surface area contributed by atoms with E-state index < -0.39 is 5.92 Å². The third-order valence-corrected chi connectivity index (χ3v) is 5.09. The average Bonchev–Trinajstić information content (AvgIpc) is 3.10. The molecule has 3 aromatic rings. The molecule has 1 saturated heterocycles. The fourth-order valence-corrected chi connectivity index (χ4v) is 3.50. The van der Waals surface area contributed by atoms with Crippen LogP contribution in [0.4, 0.5) is 5.69 Å².